The molecule has 1 heterocycles. The van der Waals surface area contributed by atoms with Crippen LogP contribution in [0.25, 0.3) is 11.4 Å². The van der Waals surface area contributed by atoms with Crippen LogP contribution in [0.5, 0.6) is 0 Å². The highest BCUT2D eigenvalue weighted by atomic mass is 31.1. The lowest BCUT2D eigenvalue weighted by atomic mass is 10.2. The molecule has 0 spiro atoms. The molecule has 0 amide bonds. The molecular formula is C33H29N5P2. The van der Waals surface area contributed by atoms with Gasteiger partial charge in [0, 0.05) is 21.5 Å². The van der Waals surface area contributed by atoms with Crippen molar-refractivity contribution in [1.82, 2.24) is 15.0 Å². The van der Waals surface area contributed by atoms with Gasteiger partial charge in [0.15, 0.2) is 5.82 Å². The summed E-state index contributed by atoms with van der Waals surface area (Å²) in [5, 5.41) is 11.8. The van der Waals surface area contributed by atoms with Crippen LogP contribution in [0.2, 0.25) is 0 Å². The Balaban J connectivity index is 1.59. The Hall–Kier alpha value is -4.43. The summed E-state index contributed by atoms with van der Waals surface area (Å²) in [7, 11) is -2.03. The SMILES string of the molecule is C=C/C=C(\C=C)P(Nc1nc(NP(c2ccccc2)c2ccccc2)nc(-c2ccccc2)n1)c1ccccc1. The summed E-state index contributed by atoms with van der Waals surface area (Å²) in [6, 6.07) is 41.1. The summed E-state index contributed by atoms with van der Waals surface area (Å²) in [4.78, 5) is 14.6. The monoisotopic (exact) mass is 557 g/mol. The van der Waals surface area contributed by atoms with Crippen molar-refractivity contribution < 1.29 is 0 Å². The smallest absolute Gasteiger partial charge is 0.231 e. The standard InChI is InChI=1S/C33H29N5P2/c1-3-17-27(4-2)39(28-20-11-6-12-21-28)37-32-34-31(26-18-9-5-10-19-26)35-33(36-32)38-40(29-22-13-7-14-23-29)30-24-15-8-16-25-30/h3-25H,1-2H2,(H2,34,35,36,37,38)/b27-17+. The van der Waals surface area contributed by atoms with Crippen LogP contribution in [0.15, 0.2) is 158 Å². The molecule has 40 heavy (non-hydrogen) atoms. The summed E-state index contributed by atoms with van der Waals surface area (Å²) in [6.45, 7) is 7.95. The van der Waals surface area contributed by atoms with Crippen LogP contribution < -0.4 is 26.1 Å². The molecule has 196 valence electrons. The van der Waals surface area contributed by atoms with Crippen molar-refractivity contribution in [1.29, 1.82) is 0 Å². The van der Waals surface area contributed by atoms with E-state index < -0.39 is 16.1 Å². The Morgan fingerprint density at radius 1 is 0.575 bits per heavy atom. The fourth-order valence-corrected chi connectivity index (χ4v) is 7.59. The zero-order valence-electron chi connectivity index (χ0n) is 21.9. The maximum Gasteiger partial charge on any atom is 0.231 e. The number of nitrogens with zero attached hydrogens (tertiary/aromatic N) is 3. The van der Waals surface area contributed by atoms with Crippen LogP contribution in [-0.4, -0.2) is 15.0 Å². The number of rotatable bonds is 11. The third kappa shape index (κ3) is 6.76. The largest absolute Gasteiger partial charge is 0.325 e. The van der Waals surface area contributed by atoms with E-state index in [9.17, 15) is 0 Å². The first kappa shape index (κ1) is 27.1. The first-order valence-electron chi connectivity index (χ1n) is 12.8. The molecule has 4 aromatic carbocycles. The quantitative estimate of drug-likeness (QED) is 0.131. The fourth-order valence-electron chi connectivity index (χ4n) is 4.03. The molecule has 0 fully saturated rings. The highest BCUT2D eigenvalue weighted by Gasteiger charge is 2.20. The van der Waals surface area contributed by atoms with Gasteiger partial charge in [-0.15, -0.1) is 0 Å². The Morgan fingerprint density at radius 2 is 1.05 bits per heavy atom. The summed E-state index contributed by atoms with van der Waals surface area (Å²) in [6.07, 6.45) is 5.61. The summed E-state index contributed by atoms with van der Waals surface area (Å²) < 4.78 is 0. The van der Waals surface area contributed by atoms with Gasteiger partial charge in [-0.25, -0.2) is 0 Å². The van der Waals surface area contributed by atoms with Crippen molar-refractivity contribution in [3.63, 3.8) is 0 Å². The zero-order chi connectivity index (χ0) is 27.6. The fraction of sp³-hybridized carbons (Fsp3) is 0. The number of hydrogen-bond acceptors (Lipinski definition) is 5. The number of anilines is 2. The van der Waals surface area contributed by atoms with Gasteiger partial charge in [0.2, 0.25) is 11.9 Å². The van der Waals surface area contributed by atoms with Crippen LogP contribution in [0.3, 0.4) is 0 Å². The lowest BCUT2D eigenvalue weighted by Crippen LogP contribution is -2.19. The van der Waals surface area contributed by atoms with Crippen molar-refractivity contribution in [3.8, 4) is 11.4 Å². The minimum absolute atomic E-state index is 0.485. The van der Waals surface area contributed by atoms with Crippen LogP contribution in [-0.2, 0) is 0 Å². The molecule has 0 aliphatic carbocycles. The Labute approximate surface area is 238 Å². The Bertz CT molecular complexity index is 1540. The predicted octanol–water partition coefficient (Wildman–Crippen LogP) is 7.39. The van der Waals surface area contributed by atoms with Crippen molar-refractivity contribution in [2.75, 3.05) is 10.2 Å². The van der Waals surface area contributed by atoms with Crippen molar-refractivity contribution in [2.45, 2.75) is 0 Å². The minimum atomic E-state index is -1.06. The first-order chi connectivity index (χ1) is 19.7. The van der Waals surface area contributed by atoms with E-state index in [1.807, 2.05) is 72.8 Å². The van der Waals surface area contributed by atoms with E-state index in [-0.39, 0.29) is 0 Å². The normalized spacial score (nSPS) is 12.0. The molecule has 0 saturated carbocycles. The van der Waals surface area contributed by atoms with Crippen LogP contribution in [0, 0.1) is 0 Å². The summed E-state index contributed by atoms with van der Waals surface area (Å²) in [5.74, 6) is 1.58. The molecule has 0 radical (unpaired) electrons. The van der Waals surface area contributed by atoms with E-state index in [2.05, 4.69) is 84.0 Å². The van der Waals surface area contributed by atoms with E-state index in [0.29, 0.717) is 17.7 Å². The van der Waals surface area contributed by atoms with Crippen LogP contribution in [0.1, 0.15) is 0 Å². The van der Waals surface area contributed by atoms with Gasteiger partial charge in [0.05, 0.1) is 16.1 Å². The van der Waals surface area contributed by atoms with E-state index in [1.54, 1.807) is 6.08 Å². The molecule has 0 saturated heterocycles. The Morgan fingerprint density at radius 3 is 1.55 bits per heavy atom. The second-order valence-electron chi connectivity index (χ2n) is 8.60. The average molecular weight is 558 g/mol. The second kappa shape index (κ2) is 13.6. The molecule has 1 aromatic heterocycles. The number of aromatic nitrogens is 3. The maximum absolute atomic E-state index is 4.89. The number of benzene rings is 4. The highest BCUT2D eigenvalue weighted by Crippen LogP contribution is 2.44. The molecule has 5 nitrogen and oxygen atoms in total. The van der Waals surface area contributed by atoms with E-state index in [0.717, 1.165) is 16.2 Å². The molecule has 5 aromatic rings. The topological polar surface area (TPSA) is 62.7 Å². The van der Waals surface area contributed by atoms with Crippen LogP contribution >= 0.6 is 16.1 Å². The lowest BCUT2D eigenvalue weighted by Gasteiger charge is -2.22. The Kier molecular flexibility index (Phi) is 9.21. The zero-order valence-corrected chi connectivity index (χ0v) is 23.7. The molecule has 0 aliphatic heterocycles. The van der Waals surface area contributed by atoms with E-state index >= 15 is 0 Å². The van der Waals surface area contributed by atoms with Gasteiger partial charge < -0.3 is 10.2 Å². The van der Waals surface area contributed by atoms with Gasteiger partial charge in [-0.3, -0.25) is 0 Å². The van der Waals surface area contributed by atoms with E-state index in [4.69, 9.17) is 15.0 Å². The minimum Gasteiger partial charge on any atom is -0.325 e. The molecule has 0 bridgehead atoms. The molecule has 5 rings (SSSR count). The van der Waals surface area contributed by atoms with Gasteiger partial charge in [-0.1, -0.05) is 153 Å². The molecule has 2 N–H and O–H groups in total. The van der Waals surface area contributed by atoms with E-state index in [1.165, 1.54) is 10.6 Å². The number of nitrogens with one attached hydrogen (secondary N) is 2. The molecule has 7 heteroatoms. The van der Waals surface area contributed by atoms with Gasteiger partial charge >= 0.3 is 0 Å². The van der Waals surface area contributed by atoms with Gasteiger partial charge in [-0.2, -0.15) is 15.0 Å². The third-order valence-corrected chi connectivity index (χ3v) is 10.0. The number of allylic oxidation sites excluding steroid dienone is 4. The van der Waals surface area contributed by atoms with Gasteiger partial charge in [0.1, 0.15) is 0 Å². The molecule has 1 unspecified atom stereocenters. The van der Waals surface area contributed by atoms with Gasteiger partial charge in [0.25, 0.3) is 0 Å². The average Bonchev–Trinajstić information content (AvgIpc) is 3.03. The summed E-state index contributed by atoms with van der Waals surface area (Å²) in [5.41, 5.74) is 0.911. The molecule has 0 aliphatic rings. The maximum atomic E-state index is 4.89. The lowest BCUT2D eigenvalue weighted by molar-refractivity contribution is 1.08. The molecule has 1 atom stereocenters. The summed E-state index contributed by atoms with van der Waals surface area (Å²) >= 11 is 0. The number of hydrogen-bond donors (Lipinski definition) is 2. The third-order valence-electron chi connectivity index (χ3n) is 5.89. The van der Waals surface area contributed by atoms with Crippen LogP contribution in [0.4, 0.5) is 11.9 Å². The van der Waals surface area contributed by atoms with Crippen molar-refractivity contribution in [2.24, 2.45) is 0 Å². The van der Waals surface area contributed by atoms with Crippen molar-refractivity contribution >= 4 is 44.0 Å². The second-order valence-corrected chi connectivity index (χ2v) is 12.5. The van der Waals surface area contributed by atoms with Crippen molar-refractivity contribution in [3.05, 3.63) is 158 Å². The predicted molar refractivity (Wildman–Crippen MR) is 173 cm³/mol. The highest BCUT2D eigenvalue weighted by molar-refractivity contribution is 7.74. The van der Waals surface area contributed by atoms with Gasteiger partial charge in [-0.05, 0) is 5.31 Å². The molecular weight excluding hydrogens is 528 g/mol. The first-order valence-corrected chi connectivity index (χ1v) is 15.5.